The molecule has 0 saturated carbocycles. The van der Waals surface area contributed by atoms with Crippen molar-refractivity contribution in [2.24, 2.45) is 0 Å². The Morgan fingerprint density at radius 1 is 1.33 bits per heavy atom. The third kappa shape index (κ3) is 4.73. The standard InChI is InChI=1S/C11H16BrFN2/c1-14-5-2-6-15-8-9-7-10(13)3-4-11(9)12/h3-4,7,14-15H,2,5-6,8H2,1H3. The second-order valence-electron chi connectivity index (χ2n) is 3.37. The summed E-state index contributed by atoms with van der Waals surface area (Å²) in [5.74, 6) is -0.190. The van der Waals surface area contributed by atoms with E-state index < -0.39 is 0 Å². The molecular formula is C11H16BrFN2. The SMILES string of the molecule is CNCCCNCc1cc(F)ccc1Br. The van der Waals surface area contributed by atoms with Crippen molar-refractivity contribution in [3.05, 3.63) is 34.1 Å². The highest BCUT2D eigenvalue weighted by Crippen LogP contribution is 2.17. The van der Waals surface area contributed by atoms with Crippen LogP contribution >= 0.6 is 15.9 Å². The summed E-state index contributed by atoms with van der Waals surface area (Å²) >= 11 is 3.39. The Balaban J connectivity index is 2.33. The van der Waals surface area contributed by atoms with Gasteiger partial charge in [0.05, 0.1) is 0 Å². The lowest BCUT2D eigenvalue weighted by Crippen LogP contribution is -2.19. The van der Waals surface area contributed by atoms with Crippen LogP contribution in [0.2, 0.25) is 0 Å². The topological polar surface area (TPSA) is 24.1 Å². The lowest BCUT2D eigenvalue weighted by molar-refractivity contribution is 0.608. The summed E-state index contributed by atoms with van der Waals surface area (Å²) in [5, 5.41) is 6.35. The smallest absolute Gasteiger partial charge is 0.123 e. The zero-order valence-corrected chi connectivity index (χ0v) is 10.4. The first-order valence-corrected chi connectivity index (χ1v) is 5.82. The molecule has 1 aromatic rings. The molecule has 0 spiro atoms. The van der Waals surface area contributed by atoms with Crippen molar-refractivity contribution in [3.8, 4) is 0 Å². The molecule has 0 bridgehead atoms. The van der Waals surface area contributed by atoms with Gasteiger partial charge in [0.1, 0.15) is 5.82 Å². The maximum Gasteiger partial charge on any atom is 0.123 e. The Hall–Kier alpha value is -0.450. The normalized spacial score (nSPS) is 10.6. The second-order valence-corrected chi connectivity index (χ2v) is 4.22. The molecule has 0 amide bonds. The number of rotatable bonds is 6. The highest BCUT2D eigenvalue weighted by molar-refractivity contribution is 9.10. The van der Waals surface area contributed by atoms with E-state index in [9.17, 15) is 4.39 Å². The molecule has 15 heavy (non-hydrogen) atoms. The average Bonchev–Trinajstić information content (AvgIpc) is 2.23. The molecule has 0 aliphatic rings. The van der Waals surface area contributed by atoms with E-state index >= 15 is 0 Å². The fraction of sp³-hybridized carbons (Fsp3) is 0.455. The molecule has 1 aromatic carbocycles. The van der Waals surface area contributed by atoms with Crippen molar-refractivity contribution in [1.29, 1.82) is 0 Å². The lowest BCUT2D eigenvalue weighted by Gasteiger charge is -2.06. The summed E-state index contributed by atoms with van der Waals surface area (Å²) in [7, 11) is 1.93. The minimum atomic E-state index is -0.190. The zero-order chi connectivity index (χ0) is 11.1. The van der Waals surface area contributed by atoms with Crippen LogP contribution in [0.5, 0.6) is 0 Å². The minimum absolute atomic E-state index is 0.190. The van der Waals surface area contributed by atoms with Crippen molar-refractivity contribution in [2.75, 3.05) is 20.1 Å². The maximum absolute atomic E-state index is 12.9. The summed E-state index contributed by atoms with van der Waals surface area (Å²) in [6.45, 7) is 2.63. The summed E-state index contributed by atoms with van der Waals surface area (Å²) in [6, 6.07) is 4.74. The molecule has 0 aromatic heterocycles. The summed E-state index contributed by atoms with van der Waals surface area (Å²) in [6.07, 6.45) is 1.07. The lowest BCUT2D eigenvalue weighted by atomic mass is 10.2. The fourth-order valence-electron chi connectivity index (χ4n) is 1.29. The van der Waals surface area contributed by atoms with Gasteiger partial charge in [0.15, 0.2) is 0 Å². The van der Waals surface area contributed by atoms with Gasteiger partial charge in [-0.1, -0.05) is 15.9 Å². The van der Waals surface area contributed by atoms with Gasteiger partial charge in [-0.25, -0.2) is 4.39 Å². The largest absolute Gasteiger partial charge is 0.320 e. The molecule has 0 atom stereocenters. The van der Waals surface area contributed by atoms with Gasteiger partial charge in [-0.3, -0.25) is 0 Å². The molecule has 0 unspecified atom stereocenters. The number of hydrogen-bond acceptors (Lipinski definition) is 2. The Morgan fingerprint density at radius 3 is 2.87 bits per heavy atom. The van der Waals surface area contributed by atoms with Crippen LogP contribution in [0.1, 0.15) is 12.0 Å². The van der Waals surface area contributed by atoms with E-state index in [1.807, 2.05) is 7.05 Å². The first kappa shape index (κ1) is 12.6. The molecule has 0 aliphatic heterocycles. The van der Waals surface area contributed by atoms with Crippen LogP contribution in [0.15, 0.2) is 22.7 Å². The first-order chi connectivity index (χ1) is 7.24. The molecule has 0 radical (unpaired) electrons. The Labute approximate surface area is 98.4 Å². The zero-order valence-electron chi connectivity index (χ0n) is 8.82. The van der Waals surface area contributed by atoms with Gasteiger partial charge in [0, 0.05) is 11.0 Å². The average molecular weight is 275 g/mol. The number of hydrogen-bond donors (Lipinski definition) is 2. The van der Waals surface area contributed by atoms with Gasteiger partial charge in [-0.15, -0.1) is 0 Å². The van der Waals surface area contributed by atoms with E-state index in [-0.39, 0.29) is 5.82 Å². The molecule has 1 rings (SSSR count). The van der Waals surface area contributed by atoms with Gasteiger partial charge in [-0.05, 0) is 50.3 Å². The third-order valence-corrected chi connectivity index (χ3v) is 2.88. The van der Waals surface area contributed by atoms with E-state index in [1.54, 1.807) is 12.1 Å². The third-order valence-electron chi connectivity index (χ3n) is 2.10. The molecule has 0 heterocycles. The highest BCUT2D eigenvalue weighted by atomic mass is 79.9. The van der Waals surface area contributed by atoms with E-state index in [2.05, 4.69) is 26.6 Å². The summed E-state index contributed by atoms with van der Waals surface area (Å²) in [5.41, 5.74) is 0.958. The van der Waals surface area contributed by atoms with Crippen LogP contribution < -0.4 is 10.6 Å². The Bertz CT molecular complexity index is 305. The van der Waals surface area contributed by atoms with Crippen molar-refractivity contribution in [3.63, 3.8) is 0 Å². The van der Waals surface area contributed by atoms with Gasteiger partial charge in [0.2, 0.25) is 0 Å². The predicted octanol–water partition coefficient (Wildman–Crippen LogP) is 2.29. The van der Waals surface area contributed by atoms with Gasteiger partial charge in [-0.2, -0.15) is 0 Å². The van der Waals surface area contributed by atoms with E-state index in [0.29, 0.717) is 6.54 Å². The minimum Gasteiger partial charge on any atom is -0.320 e. The molecule has 0 aliphatic carbocycles. The Morgan fingerprint density at radius 2 is 2.13 bits per heavy atom. The fourth-order valence-corrected chi connectivity index (χ4v) is 1.68. The summed E-state index contributed by atoms with van der Waals surface area (Å²) < 4.78 is 13.9. The van der Waals surface area contributed by atoms with Crippen molar-refractivity contribution in [1.82, 2.24) is 10.6 Å². The van der Waals surface area contributed by atoms with Crippen LogP contribution in [0, 0.1) is 5.82 Å². The molecule has 2 nitrogen and oxygen atoms in total. The molecule has 4 heteroatoms. The highest BCUT2D eigenvalue weighted by Gasteiger charge is 2.00. The number of nitrogens with one attached hydrogen (secondary N) is 2. The molecule has 0 saturated heterocycles. The van der Waals surface area contributed by atoms with Gasteiger partial charge in [0.25, 0.3) is 0 Å². The second kappa shape index (κ2) is 6.93. The molecule has 84 valence electrons. The van der Waals surface area contributed by atoms with Crippen molar-refractivity contribution < 1.29 is 4.39 Å². The van der Waals surface area contributed by atoms with Crippen LogP contribution in [-0.4, -0.2) is 20.1 Å². The van der Waals surface area contributed by atoms with E-state index in [0.717, 1.165) is 29.5 Å². The Kier molecular flexibility index (Phi) is 5.83. The molecular weight excluding hydrogens is 259 g/mol. The summed E-state index contributed by atoms with van der Waals surface area (Å²) in [4.78, 5) is 0. The van der Waals surface area contributed by atoms with Crippen molar-refractivity contribution >= 4 is 15.9 Å². The van der Waals surface area contributed by atoms with E-state index in [4.69, 9.17) is 0 Å². The predicted molar refractivity (Wildman–Crippen MR) is 64.4 cm³/mol. The molecule has 0 fully saturated rings. The first-order valence-electron chi connectivity index (χ1n) is 5.03. The van der Waals surface area contributed by atoms with Crippen LogP contribution in [0.4, 0.5) is 4.39 Å². The van der Waals surface area contributed by atoms with Crippen molar-refractivity contribution in [2.45, 2.75) is 13.0 Å². The number of benzene rings is 1. The monoisotopic (exact) mass is 274 g/mol. The van der Waals surface area contributed by atoms with Gasteiger partial charge < -0.3 is 10.6 Å². The van der Waals surface area contributed by atoms with Crippen LogP contribution in [-0.2, 0) is 6.54 Å². The number of halogens is 2. The van der Waals surface area contributed by atoms with Crippen LogP contribution in [0.25, 0.3) is 0 Å². The quantitative estimate of drug-likeness (QED) is 0.778. The van der Waals surface area contributed by atoms with E-state index in [1.165, 1.54) is 6.07 Å². The van der Waals surface area contributed by atoms with Crippen LogP contribution in [0.3, 0.4) is 0 Å². The maximum atomic E-state index is 12.9. The molecule has 2 N–H and O–H groups in total. The van der Waals surface area contributed by atoms with Gasteiger partial charge >= 0.3 is 0 Å².